The van der Waals surface area contributed by atoms with Crippen LogP contribution in [0, 0.1) is 12.7 Å². The molecule has 0 aliphatic heterocycles. The minimum atomic E-state index is -0.332. The maximum atomic E-state index is 12.8. The van der Waals surface area contributed by atoms with Crippen LogP contribution in [0.1, 0.15) is 5.69 Å². The lowest BCUT2D eigenvalue weighted by molar-refractivity contribution is 0.628. The number of aryl methyl sites for hydroxylation is 1. The van der Waals surface area contributed by atoms with Gasteiger partial charge in [0.05, 0.1) is 5.69 Å². The number of H-pyrrole nitrogens is 2. The highest BCUT2D eigenvalue weighted by atomic mass is 19.1. The molecule has 5 nitrogen and oxygen atoms in total. The summed E-state index contributed by atoms with van der Waals surface area (Å²) in [6.45, 7) is 1.79. The molecule has 0 fully saturated rings. The number of halogens is 1. The van der Waals surface area contributed by atoms with Crippen LogP contribution in [-0.4, -0.2) is 20.2 Å². The van der Waals surface area contributed by atoms with Crippen LogP contribution >= 0.6 is 0 Å². The van der Waals surface area contributed by atoms with Crippen molar-refractivity contribution in [1.29, 1.82) is 0 Å². The molecule has 0 saturated carbocycles. The first-order valence-corrected chi connectivity index (χ1v) is 5.36. The SMILES string of the molecule is Cc1[nH]nc2c(=O)[nH]c(-c3ccc(F)cc3)nc12. The average molecular weight is 244 g/mol. The van der Waals surface area contributed by atoms with Gasteiger partial charge in [0.15, 0.2) is 5.52 Å². The van der Waals surface area contributed by atoms with Crippen molar-refractivity contribution in [1.82, 2.24) is 20.2 Å². The van der Waals surface area contributed by atoms with Crippen LogP contribution in [-0.2, 0) is 0 Å². The van der Waals surface area contributed by atoms with E-state index >= 15 is 0 Å². The third-order valence-electron chi connectivity index (χ3n) is 2.70. The molecule has 0 saturated heterocycles. The maximum Gasteiger partial charge on any atom is 0.279 e. The Bertz CT molecular complexity index is 773. The predicted molar refractivity (Wildman–Crippen MR) is 64.6 cm³/mol. The Morgan fingerprint density at radius 3 is 2.61 bits per heavy atom. The number of benzene rings is 1. The second kappa shape index (κ2) is 3.76. The van der Waals surface area contributed by atoms with E-state index < -0.39 is 0 Å². The van der Waals surface area contributed by atoms with Gasteiger partial charge in [0, 0.05) is 5.56 Å². The van der Waals surface area contributed by atoms with Gasteiger partial charge in [0.1, 0.15) is 17.2 Å². The summed E-state index contributed by atoms with van der Waals surface area (Å²) in [5.41, 5.74) is 1.86. The van der Waals surface area contributed by atoms with Gasteiger partial charge >= 0.3 is 0 Å². The number of nitrogens with one attached hydrogen (secondary N) is 2. The van der Waals surface area contributed by atoms with E-state index in [1.54, 1.807) is 19.1 Å². The second-order valence-corrected chi connectivity index (χ2v) is 3.97. The van der Waals surface area contributed by atoms with Gasteiger partial charge in [-0.15, -0.1) is 0 Å². The lowest BCUT2D eigenvalue weighted by atomic mass is 10.2. The van der Waals surface area contributed by atoms with Gasteiger partial charge in [-0.05, 0) is 31.2 Å². The van der Waals surface area contributed by atoms with Gasteiger partial charge in [-0.3, -0.25) is 9.89 Å². The highest BCUT2D eigenvalue weighted by molar-refractivity contribution is 5.77. The van der Waals surface area contributed by atoms with Crippen molar-refractivity contribution < 1.29 is 4.39 Å². The quantitative estimate of drug-likeness (QED) is 0.685. The Hall–Kier alpha value is -2.50. The van der Waals surface area contributed by atoms with Crippen molar-refractivity contribution in [3.63, 3.8) is 0 Å². The summed E-state index contributed by atoms with van der Waals surface area (Å²) in [5, 5.41) is 6.59. The highest BCUT2D eigenvalue weighted by Gasteiger charge is 2.10. The summed E-state index contributed by atoms with van der Waals surface area (Å²) in [6.07, 6.45) is 0. The minimum absolute atomic E-state index is 0.276. The summed E-state index contributed by atoms with van der Waals surface area (Å²) >= 11 is 0. The van der Waals surface area contributed by atoms with E-state index in [0.717, 1.165) is 5.69 Å². The Morgan fingerprint density at radius 1 is 1.17 bits per heavy atom. The molecular formula is C12H9FN4O. The molecule has 0 aliphatic carbocycles. The van der Waals surface area contributed by atoms with Crippen molar-refractivity contribution in [3.05, 3.63) is 46.1 Å². The molecule has 0 radical (unpaired) electrons. The van der Waals surface area contributed by atoms with E-state index in [1.165, 1.54) is 12.1 Å². The fraction of sp³-hybridized carbons (Fsp3) is 0.0833. The zero-order valence-electron chi connectivity index (χ0n) is 9.49. The Labute approximate surface area is 101 Å². The van der Waals surface area contributed by atoms with Crippen LogP contribution < -0.4 is 5.56 Å². The summed E-state index contributed by atoms with van der Waals surface area (Å²) in [5.74, 6) is 0.0682. The normalized spacial score (nSPS) is 11.0. The molecule has 0 unspecified atom stereocenters. The van der Waals surface area contributed by atoms with Gasteiger partial charge in [-0.2, -0.15) is 5.10 Å². The molecule has 0 aliphatic rings. The van der Waals surface area contributed by atoms with E-state index in [-0.39, 0.29) is 16.9 Å². The van der Waals surface area contributed by atoms with Crippen molar-refractivity contribution in [2.24, 2.45) is 0 Å². The molecular weight excluding hydrogens is 235 g/mol. The molecule has 6 heteroatoms. The van der Waals surface area contributed by atoms with Gasteiger partial charge in [-0.25, -0.2) is 9.37 Å². The van der Waals surface area contributed by atoms with Crippen molar-refractivity contribution in [2.75, 3.05) is 0 Å². The van der Waals surface area contributed by atoms with Crippen LogP contribution in [0.15, 0.2) is 29.1 Å². The number of hydrogen-bond donors (Lipinski definition) is 2. The standard InChI is InChI=1S/C12H9FN4O/c1-6-9-10(17-16-6)12(18)15-11(14-9)7-2-4-8(13)5-3-7/h2-5H,1H3,(H,16,17)(H,14,15,18). The Morgan fingerprint density at radius 2 is 1.89 bits per heavy atom. The lowest BCUT2D eigenvalue weighted by Crippen LogP contribution is -2.09. The van der Waals surface area contributed by atoms with Crippen LogP contribution in [0.2, 0.25) is 0 Å². The molecule has 2 N–H and O–H groups in total. The number of aromatic nitrogens is 4. The van der Waals surface area contributed by atoms with Crippen LogP contribution in [0.3, 0.4) is 0 Å². The number of rotatable bonds is 1. The molecule has 2 aromatic heterocycles. The molecule has 2 heterocycles. The molecule has 1 aromatic carbocycles. The molecule has 0 spiro atoms. The molecule has 3 aromatic rings. The van der Waals surface area contributed by atoms with Crippen molar-refractivity contribution in [2.45, 2.75) is 6.92 Å². The molecule has 18 heavy (non-hydrogen) atoms. The fourth-order valence-corrected chi connectivity index (χ4v) is 1.77. The Kier molecular flexibility index (Phi) is 2.22. The van der Waals surface area contributed by atoms with Gasteiger partial charge in [0.25, 0.3) is 5.56 Å². The monoisotopic (exact) mass is 244 g/mol. The number of aromatic amines is 2. The third-order valence-corrected chi connectivity index (χ3v) is 2.70. The van der Waals surface area contributed by atoms with E-state index in [1.807, 2.05) is 0 Å². The van der Waals surface area contributed by atoms with Crippen LogP contribution in [0.4, 0.5) is 4.39 Å². The summed E-state index contributed by atoms with van der Waals surface area (Å²) in [7, 11) is 0. The summed E-state index contributed by atoms with van der Waals surface area (Å²) in [6, 6.07) is 5.77. The largest absolute Gasteiger partial charge is 0.305 e. The van der Waals surface area contributed by atoms with Crippen molar-refractivity contribution >= 4 is 11.0 Å². The molecule has 90 valence electrons. The molecule has 0 atom stereocenters. The van der Waals surface area contributed by atoms with Crippen molar-refractivity contribution in [3.8, 4) is 11.4 Å². The average Bonchev–Trinajstić information content (AvgIpc) is 2.73. The number of hydrogen-bond acceptors (Lipinski definition) is 3. The van der Waals surface area contributed by atoms with E-state index in [9.17, 15) is 9.18 Å². The van der Waals surface area contributed by atoms with Gasteiger partial charge in [0.2, 0.25) is 0 Å². The number of nitrogens with zero attached hydrogens (tertiary/aromatic N) is 2. The molecule has 0 bridgehead atoms. The third kappa shape index (κ3) is 1.58. The first-order chi connectivity index (χ1) is 8.65. The van der Waals surface area contributed by atoms with E-state index in [2.05, 4.69) is 20.2 Å². The summed E-state index contributed by atoms with van der Waals surface area (Å²) in [4.78, 5) is 18.8. The first-order valence-electron chi connectivity index (χ1n) is 5.36. The van der Waals surface area contributed by atoms with E-state index in [4.69, 9.17) is 0 Å². The topological polar surface area (TPSA) is 74.4 Å². The van der Waals surface area contributed by atoms with E-state index in [0.29, 0.717) is 16.9 Å². The second-order valence-electron chi connectivity index (χ2n) is 3.97. The maximum absolute atomic E-state index is 12.8. The minimum Gasteiger partial charge on any atom is -0.305 e. The molecule has 0 amide bonds. The van der Waals surface area contributed by atoms with Gasteiger partial charge in [-0.1, -0.05) is 0 Å². The Balaban J connectivity index is 2.26. The first kappa shape index (κ1) is 10.6. The number of fused-ring (bicyclic) bond motifs is 1. The zero-order valence-corrected chi connectivity index (χ0v) is 9.49. The van der Waals surface area contributed by atoms with Gasteiger partial charge < -0.3 is 4.98 Å². The molecule has 3 rings (SSSR count). The van der Waals surface area contributed by atoms with Crippen LogP contribution in [0.25, 0.3) is 22.4 Å². The predicted octanol–water partition coefficient (Wildman–Crippen LogP) is 1.76. The van der Waals surface area contributed by atoms with Crippen LogP contribution in [0.5, 0.6) is 0 Å². The summed E-state index contributed by atoms with van der Waals surface area (Å²) < 4.78 is 12.8. The smallest absolute Gasteiger partial charge is 0.279 e. The fourth-order valence-electron chi connectivity index (χ4n) is 1.77. The zero-order chi connectivity index (χ0) is 12.7. The highest BCUT2D eigenvalue weighted by Crippen LogP contribution is 2.17. The lowest BCUT2D eigenvalue weighted by Gasteiger charge is -2.00.